The number of aromatic amines is 1. The maximum atomic E-state index is 9.30. The highest BCUT2D eigenvalue weighted by molar-refractivity contribution is 5.00. The molecule has 0 aliphatic carbocycles. The van der Waals surface area contributed by atoms with Gasteiger partial charge in [0.1, 0.15) is 5.82 Å². The van der Waals surface area contributed by atoms with Gasteiger partial charge in [-0.3, -0.25) is 5.10 Å². The van der Waals surface area contributed by atoms with Crippen LogP contribution in [0.1, 0.15) is 31.0 Å². The summed E-state index contributed by atoms with van der Waals surface area (Å²) < 4.78 is 0. The summed E-state index contributed by atoms with van der Waals surface area (Å²) in [7, 11) is 0. The first-order valence-corrected chi connectivity index (χ1v) is 4.62. The Hall–Kier alpha value is -0.940. The number of hydrogen-bond donors (Lipinski definition) is 3. The summed E-state index contributed by atoms with van der Waals surface area (Å²) in [5.74, 6) is 1.67. The van der Waals surface area contributed by atoms with Gasteiger partial charge in [-0.2, -0.15) is 5.10 Å². The summed E-state index contributed by atoms with van der Waals surface area (Å²) >= 11 is 0. The van der Waals surface area contributed by atoms with Crippen molar-refractivity contribution >= 4 is 0 Å². The van der Waals surface area contributed by atoms with Crippen molar-refractivity contribution in [3.8, 4) is 0 Å². The molecule has 2 rings (SSSR count). The molecule has 0 saturated carbocycles. The highest BCUT2D eigenvalue weighted by Gasteiger charge is 2.26. The van der Waals surface area contributed by atoms with E-state index in [0.29, 0.717) is 13.0 Å². The second kappa shape index (κ2) is 3.43. The van der Waals surface area contributed by atoms with E-state index in [0.717, 1.165) is 18.1 Å². The van der Waals surface area contributed by atoms with Crippen molar-refractivity contribution in [1.82, 2.24) is 20.5 Å². The smallest absolute Gasteiger partial charge is 0.167 e. The number of nitrogens with one attached hydrogen (secondary N) is 2. The van der Waals surface area contributed by atoms with Crippen LogP contribution < -0.4 is 5.32 Å². The third kappa shape index (κ3) is 1.71. The van der Waals surface area contributed by atoms with Crippen LogP contribution in [0.25, 0.3) is 0 Å². The SMILES string of the molecule is CCc1nc([C@@H]2C[C@@H](O)CN2)n[nH]1. The molecule has 0 unspecified atom stereocenters. The number of aliphatic hydroxyl groups excluding tert-OH is 1. The van der Waals surface area contributed by atoms with Crippen LogP contribution in [-0.4, -0.2) is 32.9 Å². The van der Waals surface area contributed by atoms with Crippen LogP contribution in [-0.2, 0) is 6.42 Å². The molecule has 1 aromatic rings. The van der Waals surface area contributed by atoms with Gasteiger partial charge in [-0.05, 0) is 6.42 Å². The van der Waals surface area contributed by atoms with Gasteiger partial charge in [-0.25, -0.2) is 4.98 Å². The first-order valence-electron chi connectivity index (χ1n) is 4.62. The Kier molecular flexibility index (Phi) is 2.28. The predicted molar refractivity (Wildman–Crippen MR) is 47.1 cm³/mol. The van der Waals surface area contributed by atoms with Crippen LogP contribution >= 0.6 is 0 Å². The Morgan fingerprint density at radius 2 is 2.46 bits per heavy atom. The number of aromatic nitrogens is 3. The Balaban J connectivity index is 2.08. The predicted octanol–water partition coefficient (Wildman–Crippen LogP) is -0.238. The van der Waals surface area contributed by atoms with Gasteiger partial charge in [0.05, 0.1) is 12.1 Å². The second-order valence-corrected chi connectivity index (χ2v) is 3.34. The van der Waals surface area contributed by atoms with E-state index in [4.69, 9.17) is 0 Å². The minimum atomic E-state index is -0.256. The van der Waals surface area contributed by atoms with Crippen LogP contribution in [0.3, 0.4) is 0 Å². The van der Waals surface area contributed by atoms with E-state index >= 15 is 0 Å². The highest BCUT2D eigenvalue weighted by Crippen LogP contribution is 2.19. The third-order valence-electron chi connectivity index (χ3n) is 2.30. The van der Waals surface area contributed by atoms with Gasteiger partial charge in [0.2, 0.25) is 0 Å². The summed E-state index contributed by atoms with van der Waals surface area (Å²) in [6.45, 7) is 2.67. The van der Waals surface area contributed by atoms with Crippen molar-refractivity contribution in [3.63, 3.8) is 0 Å². The molecule has 72 valence electrons. The van der Waals surface area contributed by atoms with E-state index in [9.17, 15) is 5.11 Å². The molecular weight excluding hydrogens is 168 g/mol. The van der Waals surface area contributed by atoms with Crippen LogP contribution in [0.15, 0.2) is 0 Å². The Labute approximate surface area is 76.6 Å². The molecule has 0 bridgehead atoms. The van der Waals surface area contributed by atoms with Crippen molar-refractivity contribution in [2.24, 2.45) is 0 Å². The molecule has 0 radical (unpaired) electrons. The monoisotopic (exact) mass is 182 g/mol. The average molecular weight is 182 g/mol. The minimum Gasteiger partial charge on any atom is -0.392 e. The summed E-state index contributed by atoms with van der Waals surface area (Å²) in [6, 6.07) is 0.117. The normalized spacial score (nSPS) is 28.2. The Bertz CT molecular complexity index is 285. The van der Waals surface area contributed by atoms with Crippen molar-refractivity contribution < 1.29 is 5.11 Å². The molecular formula is C8H14N4O. The molecule has 0 aromatic carbocycles. The summed E-state index contributed by atoms with van der Waals surface area (Å²) in [5.41, 5.74) is 0. The Morgan fingerprint density at radius 1 is 1.62 bits per heavy atom. The van der Waals surface area contributed by atoms with Gasteiger partial charge >= 0.3 is 0 Å². The fraction of sp³-hybridized carbons (Fsp3) is 0.750. The molecule has 5 heteroatoms. The maximum Gasteiger partial charge on any atom is 0.167 e. The molecule has 1 aromatic heterocycles. The molecule has 13 heavy (non-hydrogen) atoms. The quantitative estimate of drug-likeness (QED) is 0.590. The fourth-order valence-corrected chi connectivity index (χ4v) is 1.54. The topological polar surface area (TPSA) is 73.8 Å². The molecule has 5 nitrogen and oxygen atoms in total. The van der Waals surface area contributed by atoms with E-state index in [2.05, 4.69) is 20.5 Å². The maximum absolute atomic E-state index is 9.30. The first kappa shape index (κ1) is 8.65. The summed E-state index contributed by atoms with van der Waals surface area (Å²) in [5, 5.41) is 19.4. The lowest BCUT2D eigenvalue weighted by Gasteiger charge is -2.02. The zero-order valence-electron chi connectivity index (χ0n) is 7.62. The van der Waals surface area contributed by atoms with Crippen molar-refractivity contribution in [2.45, 2.75) is 31.9 Å². The molecule has 1 saturated heterocycles. The molecule has 1 aliphatic heterocycles. The summed E-state index contributed by atoms with van der Waals surface area (Å²) in [6.07, 6.45) is 1.32. The molecule has 1 aliphatic rings. The largest absolute Gasteiger partial charge is 0.392 e. The number of rotatable bonds is 2. The van der Waals surface area contributed by atoms with E-state index in [1.165, 1.54) is 0 Å². The average Bonchev–Trinajstić information content (AvgIpc) is 2.71. The zero-order chi connectivity index (χ0) is 9.26. The number of β-amino-alcohol motifs (C(OH)–C–C–N with tert-alkyl or cyclic N) is 1. The van der Waals surface area contributed by atoms with Gasteiger partial charge in [-0.1, -0.05) is 6.92 Å². The molecule has 0 spiro atoms. The highest BCUT2D eigenvalue weighted by atomic mass is 16.3. The van der Waals surface area contributed by atoms with Gasteiger partial charge in [-0.15, -0.1) is 0 Å². The van der Waals surface area contributed by atoms with Gasteiger partial charge < -0.3 is 10.4 Å². The lowest BCUT2D eigenvalue weighted by Crippen LogP contribution is -2.15. The molecule has 1 fully saturated rings. The molecule has 2 heterocycles. The lowest BCUT2D eigenvalue weighted by atomic mass is 10.2. The van der Waals surface area contributed by atoms with Crippen LogP contribution in [0.2, 0.25) is 0 Å². The van der Waals surface area contributed by atoms with Gasteiger partial charge in [0, 0.05) is 13.0 Å². The lowest BCUT2D eigenvalue weighted by molar-refractivity contribution is 0.193. The van der Waals surface area contributed by atoms with Crippen molar-refractivity contribution in [1.29, 1.82) is 0 Å². The fourth-order valence-electron chi connectivity index (χ4n) is 1.54. The standard InChI is InChI=1S/C8H14N4O/c1-2-7-10-8(12-11-7)6-3-5(13)4-9-6/h5-6,9,13H,2-4H2,1H3,(H,10,11,12)/t5-,6+/m1/s1. The van der Waals surface area contributed by atoms with Crippen molar-refractivity contribution in [2.75, 3.05) is 6.54 Å². The van der Waals surface area contributed by atoms with Gasteiger partial charge in [0.25, 0.3) is 0 Å². The number of aliphatic hydroxyl groups is 1. The van der Waals surface area contributed by atoms with Crippen LogP contribution in [0.4, 0.5) is 0 Å². The molecule has 0 amide bonds. The summed E-state index contributed by atoms with van der Waals surface area (Å²) in [4.78, 5) is 4.30. The Morgan fingerprint density at radius 3 is 3.00 bits per heavy atom. The van der Waals surface area contributed by atoms with Crippen LogP contribution in [0, 0.1) is 0 Å². The zero-order valence-corrected chi connectivity index (χ0v) is 7.62. The van der Waals surface area contributed by atoms with Crippen LogP contribution in [0.5, 0.6) is 0 Å². The van der Waals surface area contributed by atoms with E-state index in [1.807, 2.05) is 6.92 Å². The number of aryl methyl sites for hydroxylation is 1. The van der Waals surface area contributed by atoms with Crippen molar-refractivity contribution in [3.05, 3.63) is 11.6 Å². The number of nitrogens with zero attached hydrogens (tertiary/aromatic N) is 2. The number of hydrogen-bond acceptors (Lipinski definition) is 4. The third-order valence-corrected chi connectivity index (χ3v) is 2.30. The first-order chi connectivity index (χ1) is 6.29. The molecule has 2 atom stereocenters. The second-order valence-electron chi connectivity index (χ2n) is 3.34. The van der Waals surface area contributed by atoms with Gasteiger partial charge in [0.15, 0.2) is 5.82 Å². The van der Waals surface area contributed by atoms with E-state index < -0.39 is 0 Å². The van der Waals surface area contributed by atoms with E-state index in [-0.39, 0.29) is 12.1 Å². The number of H-pyrrole nitrogens is 1. The van der Waals surface area contributed by atoms with E-state index in [1.54, 1.807) is 0 Å². The minimum absolute atomic E-state index is 0.117. The molecule has 3 N–H and O–H groups in total.